The lowest BCUT2D eigenvalue weighted by molar-refractivity contribution is 0.476. The van der Waals surface area contributed by atoms with Gasteiger partial charge in [-0.1, -0.05) is 52.5 Å². The van der Waals surface area contributed by atoms with E-state index in [0.717, 1.165) is 5.69 Å². The lowest BCUT2D eigenvalue weighted by Crippen LogP contribution is -2.07. The molecule has 0 bridgehead atoms. The molecule has 0 amide bonds. The van der Waals surface area contributed by atoms with Gasteiger partial charge in [0.1, 0.15) is 0 Å². The molecule has 1 atom stereocenters. The number of aryl methyl sites for hydroxylation is 2. The van der Waals surface area contributed by atoms with Crippen LogP contribution in [0.5, 0.6) is 5.75 Å². The SMILES string of the molecule is Cc1cc(C)cc(C(C)Nc2cc(Cl)c(O)c(Cl)c2)c1. The number of halogens is 2. The number of aromatic hydroxyl groups is 1. The Morgan fingerprint density at radius 2 is 1.45 bits per heavy atom. The molecule has 0 saturated carbocycles. The number of phenols is 1. The van der Waals surface area contributed by atoms with Crippen LogP contribution in [0.3, 0.4) is 0 Å². The van der Waals surface area contributed by atoms with Crippen LogP contribution in [-0.2, 0) is 0 Å². The fourth-order valence-corrected chi connectivity index (χ4v) is 2.73. The van der Waals surface area contributed by atoms with Crippen LogP contribution < -0.4 is 5.32 Å². The smallest absolute Gasteiger partial charge is 0.152 e. The molecule has 0 aromatic heterocycles. The van der Waals surface area contributed by atoms with Gasteiger partial charge in [-0.3, -0.25) is 0 Å². The Morgan fingerprint density at radius 3 is 1.95 bits per heavy atom. The van der Waals surface area contributed by atoms with Gasteiger partial charge in [-0.15, -0.1) is 0 Å². The number of hydrogen-bond acceptors (Lipinski definition) is 2. The van der Waals surface area contributed by atoms with Gasteiger partial charge in [0.2, 0.25) is 0 Å². The zero-order valence-corrected chi connectivity index (χ0v) is 13.2. The van der Waals surface area contributed by atoms with Gasteiger partial charge in [-0.25, -0.2) is 0 Å². The summed E-state index contributed by atoms with van der Waals surface area (Å²) in [6, 6.07) is 9.89. The predicted octanol–water partition coefficient (Wildman–Crippen LogP) is 5.49. The number of rotatable bonds is 3. The van der Waals surface area contributed by atoms with Gasteiger partial charge in [-0.05, 0) is 38.5 Å². The maximum Gasteiger partial charge on any atom is 0.152 e. The van der Waals surface area contributed by atoms with Crippen molar-refractivity contribution < 1.29 is 5.11 Å². The van der Waals surface area contributed by atoms with Crippen molar-refractivity contribution in [3.05, 3.63) is 57.1 Å². The maximum atomic E-state index is 9.56. The van der Waals surface area contributed by atoms with E-state index in [2.05, 4.69) is 44.3 Å². The van der Waals surface area contributed by atoms with E-state index in [1.54, 1.807) is 12.1 Å². The normalized spacial score (nSPS) is 12.2. The summed E-state index contributed by atoms with van der Waals surface area (Å²) in [5.74, 6) is -0.0852. The largest absolute Gasteiger partial charge is 0.505 e. The Morgan fingerprint density at radius 1 is 0.950 bits per heavy atom. The van der Waals surface area contributed by atoms with E-state index < -0.39 is 0 Å². The molecule has 4 heteroatoms. The Kier molecular flexibility index (Phi) is 4.46. The summed E-state index contributed by atoms with van der Waals surface area (Å²) in [6.07, 6.45) is 0. The van der Waals surface area contributed by atoms with E-state index in [9.17, 15) is 5.11 Å². The molecule has 2 N–H and O–H groups in total. The molecular formula is C16H17Cl2NO. The van der Waals surface area contributed by atoms with Crippen molar-refractivity contribution in [3.63, 3.8) is 0 Å². The maximum absolute atomic E-state index is 9.56. The van der Waals surface area contributed by atoms with Crippen LogP contribution in [0.4, 0.5) is 5.69 Å². The molecule has 0 aliphatic heterocycles. The van der Waals surface area contributed by atoms with Crippen molar-refractivity contribution in [1.29, 1.82) is 0 Å². The monoisotopic (exact) mass is 309 g/mol. The first-order valence-corrected chi connectivity index (χ1v) is 7.15. The van der Waals surface area contributed by atoms with Gasteiger partial charge in [-0.2, -0.15) is 0 Å². The zero-order valence-electron chi connectivity index (χ0n) is 11.7. The van der Waals surface area contributed by atoms with Gasteiger partial charge < -0.3 is 10.4 Å². The molecule has 0 aliphatic rings. The molecule has 0 spiro atoms. The van der Waals surface area contributed by atoms with Crippen LogP contribution in [0.1, 0.15) is 29.7 Å². The van der Waals surface area contributed by atoms with Gasteiger partial charge in [0.25, 0.3) is 0 Å². The first-order chi connectivity index (χ1) is 9.36. The Bertz CT molecular complexity index is 597. The minimum absolute atomic E-state index is 0.0852. The summed E-state index contributed by atoms with van der Waals surface area (Å²) in [5, 5.41) is 13.4. The molecule has 20 heavy (non-hydrogen) atoms. The molecule has 0 heterocycles. The van der Waals surface area contributed by atoms with Crippen LogP contribution >= 0.6 is 23.2 Å². The number of benzene rings is 2. The number of hydrogen-bond donors (Lipinski definition) is 2. The van der Waals surface area contributed by atoms with E-state index >= 15 is 0 Å². The third-order valence-electron chi connectivity index (χ3n) is 3.14. The number of anilines is 1. The van der Waals surface area contributed by atoms with E-state index in [1.807, 2.05) is 0 Å². The van der Waals surface area contributed by atoms with Crippen molar-refractivity contribution in [1.82, 2.24) is 0 Å². The van der Waals surface area contributed by atoms with Crippen LogP contribution in [0.25, 0.3) is 0 Å². The standard InChI is InChI=1S/C16H17Cl2NO/c1-9-4-10(2)6-12(5-9)11(3)19-13-7-14(17)16(20)15(18)8-13/h4-8,11,19-20H,1-3H3. The molecule has 1 unspecified atom stereocenters. The third kappa shape index (κ3) is 3.38. The van der Waals surface area contributed by atoms with E-state index in [4.69, 9.17) is 23.2 Å². The molecule has 2 nitrogen and oxygen atoms in total. The fourth-order valence-electron chi connectivity index (χ4n) is 2.24. The molecule has 106 valence electrons. The zero-order chi connectivity index (χ0) is 14.9. The van der Waals surface area contributed by atoms with Crippen molar-refractivity contribution >= 4 is 28.9 Å². The first-order valence-electron chi connectivity index (χ1n) is 6.39. The Hall–Kier alpha value is -1.38. The van der Waals surface area contributed by atoms with Crippen LogP contribution in [0.2, 0.25) is 10.0 Å². The molecule has 0 radical (unpaired) electrons. The highest BCUT2D eigenvalue weighted by Crippen LogP contribution is 2.35. The van der Waals surface area contributed by atoms with Crippen LogP contribution in [0, 0.1) is 13.8 Å². The Labute approximate surface area is 129 Å². The van der Waals surface area contributed by atoms with Gasteiger partial charge in [0.05, 0.1) is 10.0 Å². The molecular weight excluding hydrogens is 293 g/mol. The minimum atomic E-state index is -0.0852. The second-order valence-corrected chi connectivity index (χ2v) is 5.89. The number of phenolic OH excluding ortho intramolecular Hbond substituents is 1. The van der Waals surface area contributed by atoms with Gasteiger partial charge in [0, 0.05) is 11.7 Å². The fraction of sp³-hybridized carbons (Fsp3) is 0.250. The van der Waals surface area contributed by atoms with Crippen molar-refractivity contribution in [2.75, 3.05) is 5.32 Å². The second kappa shape index (κ2) is 5.94. The lowest BCUT2D eigenvalue weighted by atomic mass is 10.0. The van der Waals surface area contributed by atoms with Crippen molar-refractivity contribution in [2.45, 2.75) is 26.8 Å². The summed E-state index contributed by atoms with van der Waals surface area (Å²) >= 11 is 11.8. The van der Waals surface area contributed by atoms with Crippen LogP contribution in [0.15, 0.2) is 30.3 Å². The topological polar surface area (TPSA) is 32.3 Å². The first kappa shape index (κ1) is 15.0. The molecule has 2 aromatic carbocycles. The van der Waals surface area contributed by atoms with Crippen LogP contribution in [-0.4, -0.2) is 5.11 Å². The second-order valence-electron chi connectivity index (χ2n) is 5.08. The molecule has 2 rings (SSSR count). The number of nitrogens with one attached hydrogen (secondary N) is 1. The summed E-state index contributed by atoms with van der Waals surface area (Å²) in [4.78, 5) is 0. The predicted molar refractivity (Wildman–Crippen MR) is 86.1 cm³/mol. The summed E-state index contributed by atoms with van der Waals surface area (Å²) in [6.45, 7) is 6.23. The lowest BCUT2D eigenvalue weighted by Gasteiger charge is -2.18. The van der Waals surface area contributed by atoms with Gasteiger partial charge >= 0.3 is 0 Å². The highest BCUT2D eigenvalue weighted by Gasteiger charge is 2.10. The summed E-state index contributed by atoms with van der Waals surface area (Å²) < 4.78 is 0. The average Bonchev–Trinajstić information content (AvgIpc) is 2.34. The third-order valence-corrected chi connectivity index (χ3v) is 3.72. The van der Waals surface area contributed by atoms with Crippen molar-refractivity contribution in [3.8, 4) is 5.75 Å². The summed E-state index contributed by atoms with van der Waals surface area (Å²) in [7, 11) is 0. The molecule has 0 saturated heterocycles. The van der Waals surface area contributed by atoms with E-state index in [-0.39, 0.29) is 21.8 Å². The minimum Gasteiger partial charge on any atom is -0.505 e. The molecule has 0 fully saturated rings. The van der Waals surface area contributed by atoms with E-state index in [1.165, 1.54) is 16.7 Å². The average molecular weight is 310 g/mol. The van der Waals surface area contributed by atoms with E-state index in [0.29, 0.717) is 0 Å². The van der Waals surface area contributed by atoms with Gasteiger partial charge in [0.15, 0.2) is 5.75 Å². The highest BCUT2D eigenvalue weighted by molar-refractivity contribution is 6.37. The highest BCUT2D eigenvalue weighted by atomic mass is 35.5. The van der Waals surface area contributed by atoms with Crippen molar-refractivity contribution in [2.24, 2.45) is 0 Å². The molecule has 0 aliphatic carbocycles. The molecule has 2 aromatic rings. The summed E-state index contributed by atoms with van der Waals surface area (Å²) in [5.41, 5.74) is 4.44. The Balaban J connectivity index is 2.25. The quantitative estimate of drug-likeness (QED) is 0.735.